The first-order chi connectivity index (χ1) is 13.7. The Hall–Kier alpha value is -3.74. The van der Waals surface area contributed by atoms with Gasteiger partial charge in [-0.2, -0.15) is 10.2 Å². The Balaban J connectivity index is 1.44. The molecule has 0 bridgehead atoms. The molecule has 1 atom stereocenters. The van der Waals surface area contributed by atoms with Gasteiger partial charge in [0.15, 0.2) is 0 Å². The highest BCUT2D eigenvalue weighted by Crippen LogP contribution is 2.21. The maximum Gasteiger partial charge on any atom is 0.247 e. The van der Waals surface area contributed by atoms with E-state index in [1.54, 1.807) is 40.2 Å². The Morgan fingerprint density at radius 1 is 1.07 bits per heavy atom. The Bertz CT molecular complexity index is 1050. The van der Waals surface area contributed by atoms with Crippen molar-refractivity contribution in [1.82, 2.24) is 24.5 Å². The van der Waals surface area contributed by atoms with E-state index in [4.69, 9.17) is 0 Å². The van der Waals surface area contributed by atoms with Crippen molar-refractivity contribution >= 4 is 11.7 Å². The Labute approximate surface area is 162 Å². The average molecular weight is 372 g/mol. The second-order valence-electron chi connectivity index (χ2n) is 6.44. The third kappa shape index (κ3) is 3.83. The van der Waals surface area contributed by atoms with Gasteiger partial charge in [0.2, 0.25) is 5.91 Å². The number of hydrogen-bond donors (Lipinski definition) is 1. The number of nitrogens with zero attached hydrogens (tertiary/aromatic N) is 5. The molecule has 140 valence electrons. The molecule has 0 saturated carbocycles. The first-order valence-corrected chi connectivity index (χ1v) is 9.03. The normalized spacial score (nSPS) is 11.9. The van der Waals surface area contributed by atoms with Crippen molar-refractivity contribution in [2.75, 3.05) is 5.32 Å². The number of benzene rings is 1. The standard InChI is InChI=1S/C21H20N6O/c1-16(17-6-3-2-4-7-17)27-20(9-12-23-27)24-21(28)15-26-13-10-19(25-26)18-8-5-11-22-14-18/h2-14,16H,15H2,1H3,(H,24,28). The van der Waals surface area contributed by atoms with Gasteiger partial charge in [-0.05, 0) is 30.7 Å². The quantitative estimate of drug-likeness (QED) is 0.563. The number of carbonyl (C=O) groups is 1. The van der Waals surface area contributed by atoms with Crippen molar-refractivity contribution in [2.24, 2.45) is 0 Å². The Morgan fingerprint density at radius 3 is 2.71 bits per heavy atom. The summed E-state index contributed by atoms with van der Waals surface area (Å²) in [5, 5.41) is 11.7. The molecule has 0 aliphatic rings. The van der Waals surface area contributed by atoms with E-state index in [1.165, 1.54) is 0 Å². The van der Waals surface area contributed by atoms with Crippen LogP contribution in [0.5, 0.6) is 0 Å². The van der Waals surface area contributed by atoms with E-state index in [2.05, 4.69) is 20.5 Å². The molecule has 3 aromatic heterocycles. The number of aromatic nitrogens is 5. The molecule has 0 aliphatic heterocycles. The number of nitrogens with one attached hydrogen (secondary N) is 1. The molecular formula is C21H20N6O. The van der Waals surface area contributed by atoms with Gasteiger partial charge in [0, 0.05) is 30.2 Å². The molecule has 7 nitrogen and oxygen atoms in total. The zero-order valence-electron chi connectivity index (χ0n) is 15.4. The van der Waals surface area contributed by atoms with Gasteiger partial charge in [0.1, 0.15) is 12.4 Å². The van der Waals surface area contributed by atoms with Crippen molar-refractivity contribution < 1.29 is 4.79 Å². The molecule has 7 heteroatoms. The molecule has 4 aromatic rings. The maximum absolute atomic E-state index is 12.5. The molecule has 0 fully saturated rings. The van der Waals surface area contributed by atoms with Gasteiger partial charge in [0.25, 0.3) is 0 Å². The fourth-order valence-corrected chi connectivity index (χ4v) is 3.04. The van der Waals surface area contributed by atoms with Crippen LogP contribution in [-0.2, 0) is 11.3 Å². The van der Waals surface area contributed by atoms with Crippen LogP contribution < -0.4 is 5.32 Å². The van der Waals surface area contributed by atoms with Crippen LogP contribution in [0, 0.1) is 0 Å². The summed E-state index contributed by atoms with van der Waals surface area (Å²) >= 11 is 0. The molecule has 0 saturated heterocycles. The van der Waals surface area contributed by atoms with E-state index in [0.717, 1.165) is 16.8 Å². The van der Waals surface area contributed by atoms with E-state index < -0.39 is 0 Å². The predicted octanol–water partition coefficient (Wildman–Crippen LogP) is 3.39. The van der Waals surface area contributed by atoms with Crippen LogP contribution in [0.4, 0.5) is 5.82 Å². The van der Waals surface area contributed by atoms with Crippen LogP contribution >= 0.6 is 0 Å². The fourth-order valence-electron chi connectivity index (χ4n) is 3.04. The number of anilines is 1. The van der Waals surface area contributed by atoms with Crippen molar-refractivity contribution in [2.45, 2.75) is 19.5 Å². The van der Waals surface area contributed by atoms with E-state index in [0.29, 0.717) is 5.82 Å². The highest BCUT2D eigenvalue weighted by atomic mass is 16.2. The maximum atomic E-state index is 12.5. The summed E-state index contributed by atoms with van der Waals surface area (Å²) in [4.78, 5) is 16.6. The number of rotatable bonds is 6. The van der Waals surface area contributed by atoms with Gasteiger partial charge in [-0.25, -0.2) is 4.68 Å². The molecule has 0 aliphatic carbocycles. The molecule has 0 spiro atoms. The highest BCUT2D eigenvalue weighted by molar-refractivity contribution is 5.89. The lowest BCUT2D eigenvalue weighted by atomic mass is 10.1. The van der Waals surface area contributed by atoms with Crippen LogP contribution in [0.1, 0.15) is 18.5 Å². The molecule has 0 radical (unpaired) electrons. The highest BCUT2D eigenvalue weighted by Gasteiger charge is 2.14. The fraction of sp³-hybridized carbons (Fsp3) is 0.143. The Morgan fingerprint density at radius 2 is 1.93 bits per heavy atom. The van der Waals surface area contributed by atoms with E-state index >= 15 is 0 Å². The van der Waals surface area contributed by atoms with E-state index in [9.17, 15) is 4.79 Å². The molecule has 1 unspecified atom stereocenters. The van der Waals surface area contributed by atoms with Crippen molar-refractivity contribution in [1.29, 1.82) is 0 Å². The lowest BCUT2D eigenvalue weighted by molar-refractivity contribution is -0.116. The van der Waals surface area contributed by atoms with Crippen LogP contribution in [0.3, 0.4) is 0 Å². The van der Waals surface area contributed by atoms with Crippen molar-refractivity contribution in [3.8, 4) is 11.3 Å². The molecule has 1 N–H and O–H groups in total. The van der Waals surface area contributed by atoms with Gasteiger partial charge in [-0.3, -0.25) is 14.5 Å². The van der Waals surface area contributed by atoms with E-state index in [1.807, 2.05) is 55.5 Å². The third-order valence-electron chi connectivity index (χ3n) is 4.49. The molecule has 3 heterocycles. The summed E-state index contributed by atoms with van der Waals surface area (Å²) in [7, 11) is 0. The molecule has 28 heavy (non-hydrogen) atoms. The average Bonchev–Trinajstić information content (AvgIpc) is 3.38. The summed E-state index contributed by atoms with van der Waals surface area (Å²) in [6, 6.07) is 17.5. The van der Waals surface area contributed by atoms with Crippen molar-refractivity contribution in [3.63, 3.8) is 0 Å². The first kappa shape index (κ1) is 17.7. The smallest absolute Gasteiger partial charge is 0.247 e. The first-order valence-electron chi connectivity index (χ1n) is 9.03. The topological polar surface area (TPSA) is 77.6 Å². The minimum Gasteiger partial charge on any atom is -0.309 e. The lowest BCUT2D eigenvalue weighted by Crippen LogP contribution is -2.22. The summed E-state index contributed by atoms with van der Waals surface area (Å²) in [6.07, 6.45) is 6.93. The zero-order valence-corrected chi connectivity index (χ0v) is 15.4. The minimum atomic E-state index is -0.164. The molecule has 1 aromatic carbocycles. The SMILES string of the molecule is CC(c1ccccc1)n1nccc1NC(=O)Cn1ccc(-c2cccnc2)n1. The molecule has 4 rings (SSSR count). The number of amides is 1. The summed E-state index contributed by atoms with van der Waals surface area (Å²) in [5.74, 6) is 0.490. The summed E-state index contributed by atoms with van der Waals surface area (Å²) in [5.41, 5.74) is 2.81. The number of hydrogen-bond acceptors (Lipinski definition) is 4. The minimum absolute atomic E-state index is 0.00777. The third-order valence-corrected chi connectivity index (χ3v) is 4.49. The monoisotopic (exact) mass is 372 g/mol. The molecule has 1 amide bonds. The van der Waals surface area contributed by atoms with Crippen LogP contribution in [-0.4, -0.2) is 30.5 Å². The molecular weight excluding hydrogens is 352 g/mol. The van der Waals surface area contributed by atoms with E-state index in [-0.39, 0.29) is 18.5 Å². The van der Waals surface area contributed by atoms with Crippen LogP contribution in [0.15, 0.2) is 79.4 Å². The van der Waals surface area contributed by atoms with Gasteiger partial charge < -0.3 is 5.32 Å². The second-order valence-corrected chi connectivity index (χ2v) is 6.44. The zero-order chi connectivity index (χ0) is 19.3. The number of carbonyl (C=O) groups excluding carboxylic acids is 1. The largest absolute Gasteiger partial charge is 0.309 e. The van der Waals surface area contributed by atoms with Gasteiger partial charge in [0.05, 0.1) is 17.9 Å². The van der Waals surface area contributed by atoms with Gasteiger partial charge in [-0.1, -0.05) is 30.3 Å². The number of pyridine rings is 1. The van der Waals surface area contributed by atoms with Crippen LogP contribution in [0.25, 0.3) is 11.3 Å². The van der Waals surface area contributed by atoms with Crippen LogP contribution in [0.2, 0.25) is 0 Å². The van der Waals surface area contributed by atoms with Crippen molar-refractivity contribution in [3.05, 3.63) is 84.9 Å². The summed E-state index contributed by atoms with van der Waals surface area (Å²) in [6.45, 7) is 2.16. The van der Waals surface area contributed by atoms with Gasteiger partial charge >= 0.3 is 0 Å². The lowest BCUT2D eigenvalue weighted by Gasteiger charge is -2.16. The summed E-state index contributed by atoms with van der Waals surface area (Å²) < 4.78 is 3.41. The Kier molecular flexibility index (Phi) is 4.97. The second kappa shape index (κ2) is 7.87. The predicted molar refractivity (Wildman–Crippen MR) is 107 cm³/mol. The van der Waals surface area contributed by atoms with Gasteiger partial charge in [-0.15, -0.1) is 0 Å².